The van der Waals surface area contributed by atoms with Gasteiger partial charge in [-0.2, -0.15) is 0 Å². The molecule has 0 atom stereocenters. The standard InChI is InChI=1S/C16H11FN2S2/c1-8-3-4-9(2)14-13(8)19-16(21-14)15-18-11-6-5-10(17)7-12(11)20-15/h3-7H,1-2H3. The molecule has 2 nitrogen and oxygen atoms in total. The van der Waals surface area contributed by atoms with Crippen LogP contribution in [0.2, 0.25) is 0 Å². The van der Waals surface area contributed by atoms with Crippen LogP contribution in [0.4, 0.5) is 4.39 Å². The number of fused-ring (bicyclic) bond motifs is 2. The fourth-order valence-electron chi connectivity index (χ4n) is 2.34. The quantitative estimate of drug-likeness (QED) is 0.474. The first-order valence-electron chi connectivity index (χ1n) is 6.55. The number of nitrogens with zero attached hydrogens (tertiary/aromatic N) is 2. The molecule has 0 fully saturated rings. The molecule has 2 aromatic carbocycles. The predicted octanol–water partition coefficient (Wildman–Crippen LogP) is 5.33. The van der Waals surface area contributed by atoms with E-state index in [1.54, 1.807) is 17.4 Å². The summed E-state index contributed by atoms with van der Waals surface area (Å²) in [5.74, 6) is -0.228. The molecule has 0 spiro atoms. The summed E-state index contributed by atoms with van der Waals surface area (Å²) in [6.45, 7) is 4.16. The van der Waals surface area contributed by atoms with Crippen molar-refractivity contribution in [3.05, 3.63) is 47.3 Å². The minimum absolute atomic E-state index is 0.228. The van der Waals surface area contributed by atoms with E-state index >= 15 is 0 Å². The van der Waals surface area contributed by atoms with Crippen LogP contribution in [-0.4, -0.2) is 9.97 Å². The lowest BCUT2D eigenvalue weighted by molar-refractivity contribution is 0.630. The number of aryl methyl sites for hydroxylation is 2. The minimum Gasteiger partial charge on any atom is -0.233 e. The van der Waals surface area contributed by atoms with Crippen molar-refractivity contribution in [2.24, 2.45) is 0 Å². The molecule has 0 radical (unpaired) electrons. The van der Waals surface area contributed by atoms with Gasteiger partial charge in [0.05, 0.1) is 20.4 Å². The summed E-state index contributed by atoms with van der Waals surface area (Å²) >= 11 is 3.14. The Morgan fingerprint density at radius 1 is 0.905 bits per heavy atom. The molecule has 0 saturated carbocycles. The predicted molar refractivity (Wildman–Crippen MR) is 87.7 cm³/mol. The van der Waals surface area contributed by atoms with Crippen molar-refractivity contribution < 1.29 is 4.39 Å². The van der Waals surface area contributed by atoms with Gasteiger partial charge in [0.15, 0.2) is 10.0 Å². The SMILES string of the molecule is Cc1ccc(C)c2sc(-c3nc4ccc(F)cc4s3)nc12. The number of rotatable bonds is 1. The molecule has 0 aliphatic rings. The van der Waals surface area contributed by atoms with E-state index < -0.39 is 0 Å². The van der Waals surface area contributed by atoms with E-state index in [1.807, 2.05) is 0 Å². The molecule has 0 aliphatic heterocycles. The second-order valence-corrected chi connectivity index (χ2v) is 7.06. The molecule has 0 unspecified atom stereocenters. The molecule has 4 rings (SSSR count). The number of aromatic nitrogens is 2. The largest absolute Gasteiger partial charge is 0.233 e. The molecule has 104 valence electrons. The normalized spacial score (nSPS) is 11.6. The molecule has 0 aliphatic carbocycles. The zero-order valence-electron chi connectivity index (χ0n) is 11.5. The smallest absolute Gasteiger partial charge is 0.153 e. The van der Waals surface area contributed by atoms with Crippen molar-refractivity contribution in [1.29, 1.82) is 0 Å². The lowest BCUT2D eigenvalue weighted by Gasteiger charge is -1.96. The molecule has 4 aromatic rings. The van der Waals surface area contributed by atoms with Crippen molar-refractivity contribution >= 4 is 43.1 Å². The van der Waals surface area contributed by atoms with Crippen LogP contribution < -0.4 is 0 Å². The van der Waals surface area contributed by atoms with Gasteiger partial charge in [-0.1, -0.05) is 12.1 Å². The number of halogens is 1. The van der Waals surface area contributed by atoms with Crippen LogP contribution >= 0.6 is 22.7 Å². The number of benzene rings is 2. The van der Waals surface area contributed by atoms with E-state index in [9.17, 15) is 4.39 Å². The zero-order chi connectivity index (χ0) is 14.6. The van der Waals surface area contributed by atoms with Gasteiger partial charge in [-0.05, 0) is 43.2 Å². The highest BCUT2D eigenvalue weighted by atomic mass is 32.1. The van der Waals surface area contributed by atoms with Gasteiger partial charge < -0.3 is 0 Å². The average Bonchev–Trinajstić information content (AvgIpc) is 3.06. The number of hydrogen-bond donors (Lipinski definition) is 0. The summed E-state index contributed by atoms with van der Waals surface area (Å²) < 4.78 is 15.4. The van der Waals surface area contributed by atoms with Crippen LogP contribution in [0.3, 0.4) is 0 Å². The number of hydrogen-bond acceptors (Lipinski definition) is 4. The molecular formula is C16H11FN2S2. The van der Waals surface area contributed by atoms with Crippen LogP contribution in [0.1, 0.15) is 11.1 Å². The summed E-state index contributed by atoms with van der Waals surface area (Å²) in [4.78, 5) is 9.31. The summed E-state index contributed by atoms with van der Waals surface area (Å²) in [7, 11) is 0. The van der Waals surface area contributed by atoms with E-state index in [2.05, 4.69) is 31.0 Å². The number of thiazole rings is 2. The van der Waals surface area contributed by atoms with Crippen molar-refractivity contribution in [1.82, 2.24) is 9.97 Å². The van der Waals surface area contributed by atoms with Gasteiger partial charge in [0.1, 0.15) is 5.82 Å². The average molecular weight is 314 g/mol. The minimum atomic E-state index is -0.228. The molecule has 0 N–H and O–H groups in total. The highest BCUT2D eigenvalue weighted by Gasteiger charge is 2.14. The maximum atomic E-state index is 13.3. The highest BCUT2D eigenvalue weighted by Crippen LogP contribution is 2.37. The fourth-order valence-corrected chi connectivity index (χ4v) is 4.46. The summed E-state index contributed by atoms with van der Waals surface area (Å²) in [5, 5.41) is 1.76. The van der Waals surface area contributed by atoms with E-state index in [4.69, 9.17) is 4.98 Å². The molecule has 0 amide bonds. The third-order valence-corrected chi connectivity index (χ3v) is 5.83. The lowest BCUT2D eigenvalue weighted by Crippen LogP contribution is -1.79. The molecule has 21 heavy (non-hydrogen) atoms. The molecule has 2 heterocycles. The van der Waals surface area contributed by atoms with Crippen molar-refractivity contribution in [3.63, 3.8) is 0 Å². The monoisotopic (exact) mass is 314 g/mol. The van der Waals surface area contributed by atoms with Gasteiger partial charge in [-0.25, -0.2) is 14.4 Å². The maximum Gasteiger partial charge on any atom is 0.153 e. The maximum absolute atomic E-state index is 13.3. The van der Waals surface area contributed by atoms with Crippen LogP contribution in [0.25, 0.3) is 30.4 Å². The molecule has 0 saturated heterocycles. The van der Waals surface area contributed by atoms with Gasteiger partial charge in [0, 0.05) is 0 Å². The zero-order valence-corrected chi connectivity index (χ0v) is 13.1. The van der Waals surface area contributed by atoms with Crippen molar-refractivity contribution in [2.45, 2.75) is 13.8 Å². The van der Waals surface area contributed by atoms with E-state index in [1.165, 1.54) is 39.3 Å². The second kappa shape index (κ2) is 4.58. The van der Waals surface area contributed by atoms with Gasteiger partial charge in [-0.15, -0.1) is 22.7 Å². The lowest BCUT2D eigenvalue weighted by atomic mass is 10.1. The Kier molecular flexibility index (Phi) is 2.80. The Labute approximate surface area is 128 Å². The fraction of sp³-hybridized carbons (Fsp3) is 0.125. The Morgan fingerprint density at radius 2 is 1.67 bits per heavy atom. The van der Waals surface area contributed by atoms with Crippen LogP contribution in [0.15, 0.2) is 30.3 Å². The highest BCUT2D eigenvalue weighted by molar-refractivity contribution is 7.27. The second-order valence-electron chi connectivity index (χ2n) is 5.03. The first-order valence-corrected chi connectivity index (χ1v) is 8.18. The Hall–Kier alpha value is -1.85. The van der Waals surface area contributed by atoms with E-state index in [0.29, 0.717) is 0 Å². The first kappa shape index (κ1) is 12.9. The van der Waals surface area contributed by atoms with E-state index in [-0.39, 0.29) is 5.82 Å². The van der Waals surface area contributed by atoms with Gasteiger partial charge in [0.2, 0.25) is 0 Å². The summed E-state index contributed by atoms with van der Waals surface area (Å²) in [6, 6.07) is 8.90. The Bertz CT molecular complexity index is 946. The van der Waals surface area contributed by atoms with Crippen molar-refractivity contribution in [3.8, 4) is 10.0 Å². The van der Waals surface area contributed by atoms with Crippen LogP contribution in [-0.2, 0) is 0 Å². The van der Waals surface area contributed by atoms with Gasteiger partial charge >= 0.3 is 0 Å². The molecular weight excluding hydrogens is 303 g/mol. The molecule has 0 bridgehead atoms. The topological polar surface area (TPSA) is 25.8 Å². The van der Waals surface area contributed by atoms with E-state index in [0.717, 1.165) is 25.7 Å². The molecule has 2 aromatic heterocycles. The van der Waals surface area contributed by atoms with Gasteiger partial charge in [0.25, 0.3) is 0 Å². The third kappa shape index (κ3) is 2.04. The first-order chi connectivity index (χ1) is 10.1. The summed E-state index contributed by atoms with van der Waals surface area (Å²) in [6.07, 6.45) is 0. The molecule has 5 heteroatoms. The third-order valence-electron chi connectivity index (χ3n) is 3.48. The van der Waals surface area contributed by atoms with Crippen LogP contribution in [0, 0.1) is 19.7 Å². The van der Waals surface area contributed by atoms with Gasteiger partial charge in [-0.3, -0.25) is 0 Å². The van der Waals surface area contributed by atoms with Crippen molar-refractivity contribution in [2.75, 3.05) is 0 Å². The Balaban J connectivity index is 1.95. The van der Waals surface area contributed by atoms with Crippen LogP contribution in [0.5, 0.6) is 0 Å². The Morgan fingerprint density at radius 3 is 2.48 bits per heavy atom. The summed E-state index contributed by atoms with van der Waals surface area (Å²) in [5.41, 5.74) is 4.27.